The van der Waals surface area contributed by atoms with Crippen LogP contribution in [0.3, 0.4) is 0 Å². The van der Waals surface area contributed by atoms with Crippen LogP contribution in [-0.4, -0.2) is 54.7 Å². The molecule has 0 aromatic carbocycles. The molecule has 9 nitrogen and oxygen atoms in total. The van der Waals surface area contributed by atoms with E-state index in [1.54, 1.807) is 19.9 Å². The molecule has 7 atom stereocenters. The molecular weight excluding hydrogens is 649 g/mol. The maximum absolute atomic E-state index is 13.1. The summed E-state index contributed by atoms with van der Waals surface area (Å²) in [6.45, 7) is 22.3. The van der Waals surface area contributed by atoms with E-state index in [1.165, 1.54) is 13.0 Å². The molecule has 12 heteroatoms. The highest BCUT2D eigenvalue weighted by Crippen LogP contribution is 2.41. The summed E-state index contributed by atoms with van der Waals surface area (Å²) in [5.74, 6) is -0.990. The van der Waals surface area contributed by atoms with Gasteiger partial charge in [-0.2, -0.15) is 25.3 Å². The van der Waals surface area contributed by atoms with Gasteiger partial charge < -0.3 is 0 Å². The van der Waals surface area contributed by atoms with Crippen molar-refractivity contribution in [2.24, 2.45) is 29.6 Å². The monoisotopic (exact) mass is 710 g/mol. The lowest BCUT2D eigenvalue weighted by Crippen LogP contribution is -2.38. The molecule has 0 radical (unpaired) electrons. The summed E-state index contributed by atoms with van der Waals surface area (Å²) in [6, 6.07) is 0. The van der Waals surface area contributed by atoms with Crippen LogP contribution < -0.4 is 0 Å². The molecule has 0 aliphatic carbocycles. The number of rotatable bonds is 22. The first-order valence-corrected chi connectivity index (χ1v) is 21.2. The van der Waals surface area contributed by atoms with Crippen molar-refractivity contribution in [1.29, 1.82) is 0 Å². The van der Waals surface area contributed by atoms with Crippen molar-refractivity contribution in [1.82, 2.24) is 0 Å². The molecule has 0 heterocycles. The van der Waals surface area contributed by atoms with Crippen LogP contribution in [0.5, 0.6) is 0 Å². The molecule has 0 amide bonds. The number of hydrogen-bond acceptors (Lipinski definition) is 6. The molecule has 0 aliphatic rings. The molecule has 0 aromatic heterocycles. The van der Waals surface area contributed by atoms with Gasteiger partial charge in [-0.05, 0) is 75.7 Å². The van der Waals surface area contributed by atoms with Crippen LogP contribution in [0.2, 0.25) is 0 Å². The summed E-state index contributed by atoms with van der Waals surface area (Å²) in [5, 5.41) is -4.48. The molecule has 7 unspecified atom stereocenters. The summed E-state index contributed by atoms with van der Waals surface area (Å²) >= 11 is 0. The van der Waals surface area contributed by atoms with Crippen LogP contribution in [0, 0.1) is 29.6 Å². The van der Waals surface area contributed by atoms with E-state index < -0.39 is 52.0 Å². The van der Waals surface area contributed by atoms with E-state index >= 15 is 0 Å². The Morgan fingerprint density at radius 3 is 1.67 bits per heavy atom. The molecule has 0 saturated carbocycles. The first-order valence-electron chi connectivity index (χ1n) is 16.7. The van der Waals surface area contributed by atoms with Gasteiger partial charge in [0.25, 0.3) is 30.4 Å². The normalized spacial score (nSPS) is 19.0. The van der Waals surface area contributed by atoms with E-state index in [0.717, 1.165) is 18.4 Å². The highest BCUT2D eigenvalue weighted by Gasteiger charge is 2.40. The van der Waals surface area contributed by atoms with Crippen LogP contribution in [0.1, 0.15) is 121 Å². The van der Waals surface area contributed by atoms with Gasteiger partial charge in [-0.25, -0.2) is 0 Å². The number of hydrogen-bond donors (Lipinski definition) is 3. The van der Waals surface area contributed by atoms with Crippen molar-refractivity contribution in [3.05, 3.63) is 47.1 Å². The predicted octanol–water partition coefficient (Wildman–Crippen LogP) is 8.49. The third kappa shape index (κ3) is 12.3. The number of allylic oxidation sites excluding steroid dienone is 4. The van der Waals surface area contributed by atoms with Gasteiger partial charge >= 0.3 is 0 Å². The van der Waals surface area contributed by atoms with Crippen LogP contribution in [-0.2, 0) is 30.4 Å². The van der Waals surface area contributed by atoms with Gasteiger partial charge in [0, 0.05) is 5.92 Å². The Balaban J connectivity index is 7.51. The highest BCUT2D eigenvalue weighted by atomic mass is 32.2. The van der Waals surface area contributed by atoms with Gasteiger partial charge in [0.15, 0.2) is 0 Å². The summed E-state index contributed by atoms with van der Waals surface area (Å²) in [5.41, 5.74) is 1.84. The van der Waals surface area contributed by atoms with Gasteiger partial charge in [-0.3, -0.25) is 13.7 Å². The third-order valence-corrected chi connectivity index (χ3v) is 13.6. The fourth-order valence-electron chi connectivity index (χ4n) is 7.35. The Morgan fingerprint density at radius 1 is 0.783 bits per heavy atom. The van der Waals surface area contributed by atoms with E-state index in [-0.39, 0.29) is 29.2 Å². The van der Waals surface area contributed by atoms with E-state index in [1.807, 2.05) is 54.5 Å². The lowest BCUT2D eigenvalue weighted by molar-refractivity contribution is 0.154. The first-order chi connectivity index (χ1) is 21.1. The third-order valence-electron chi connectivity index (χ3n) is 9.96. The topological polar surface area (TPSA) is 163 Å². The molecule has 0 saturated heterocycles. The van der Waals surface area contributed by atoms with Crippen molar-refractivity contribution < 1.29 is 38.9 Å². The van der Waals surface area contributed by atoms with Crippen molar-refractivity contribution in [2.75, 3.05) is 0 Å². The fourth-order valence-corrected chi connectivity index (χ4v) is 10.4. The Hall–Kier alpha value is -1.31. The zero-order valence-electron chi connectivity index (χ0n) is 29.7. The highest BCUT2D eigenvalue weighted by molar-refractivity contribution is 7.88. The Kier molecular flexibility index (Phi) is 19.1. The van der Waals surface area contributed by atoms with Crippen molar-refractivity contribution in [3.8, 4) is 0 Å². The van der Waals surface area contributed by atoms with Crippen molar-refractivity contribution in [3.63, 3.8) is 0 Å². The van der Waals surface area contributed by atoms with Crippen LogP contribution in [0.25, 0.3) is 0 Å². The molecule has 3 N–H and O–H groups in total. The lowest BCUT2D eigenvalue weighted by Gasteiger charge is -2.38. The molecule has 0 aliphatic heterocycles. The fraction of sp³-hybridized carbons (Fsp3) is 0.765. The van der Waals surface area contributed by atoms with Crippen molar-refractivity contribution >= 4 is 30.4 Å². The van der Waals surface area contributed by atoms with Gasteiger partial charge in [-0.1, -0.05) is 116 Å². The minimum absolute atomic E-state index is 0.0543. The Labute approximate surface area is 281 Å². The Bertz CT molecular complexity index is 1390. The zero-order valence-corrected chi connectivity index (χ0v) is 32.2. The Morgan fingerprint density at radius 2 is 1.33 bits per heavy atom. The SMILES string of the molecule is C=C(CC)C(C(C)C(CC)C(C/C=C/C(/C(=C(/CCC)C(CC)/C(C)=C/C)C(C)S(=O)(=O)O)S(=O)(=O)O)C(CC)CC)S(=O)(=O)O. The molecule has 0 aromatic rings. The summed E-state index contributed by atoms with van der Waals surface area (Å²) < 4.78 is 107. The summed E-state index contributed by atoms with van der Waals surface area (Å²) in [6.07, 6.45) is 9.18. The summed E-state index contributed by atoms with van der Waals surface area (Å²) in [4.78, 5) is 0. The lowest BCUT2D eigenvalue weighted by atomic mass is 9.69. The van der Waals surface area contributed by atoms with Crippen LogP contribution in [0.15, 0.2) is 47.1 Å². The van der Waals surface area contributed by atoms with Gasteiger partial charge in [-0.15, -0.1) is 0 Å². The molecule has 270 valence electrons. The van der Waals surface area contributed by atoms with Crippen LogP contribution >= 0.6 is 0 Å². The maximum atomic E-state index is 13.1. The minimum atomic E-state index is -4.89. The average molecular weight is 711 g/mol. The van der Waals surface area contributed by atoms with E-state index in [2.05, 4.69) is 6.58 Å². The van der Waals surface area contributed by atoms with E-state index in [0.29, 0.717) is 49.7 Å². The van der Waals surface area contributed by atoms with Gasteiger partial charge in [0.2, 0.25) is 0 Å². The largest absolute Gasteiger partial charge is 0.285 e. The average Bonchev–Trinajstić information content (AvgIpc) is 2.95. The zero-order chi connectivity index (χ0) is 36.2. The molecule has 0 fully saturated rings. The molecular formula is C34H62O9S3. The minimum Gasteiger partial charge on any atom is -0.285 e. The first kappa shape index (κ1) is 44.7. The van der Waals surface area contributed by atoms with E-state index in [9.17, 15) is 38.9 Å². The van der Waals surface area contributed by atoms with Gasteiger partial charge in [0.1, 0.15) is 15.7 Å². The molecule has 0 spiro atoms. The molecule has 0 bridgehead atoms. The maximum Gasteiger partial charge on any atom is 0.275 e. The second-order valence-electron chi connectivity index (χ2n) is 12.6. The van der Waals surface area contributed by atoms with E-state index in [4.69, 9.17) is 0 Å². The molecule has 0 rings (SSSR count). The second kappa shape index (κ2) is 19.6. The smallest absolute Gasteiger partial charge is 0.275 e. The quantitative estimate of drug-likeness (QED) is 0.0738. The predicted molar refractivity (Wildman–Crippen MR) is 191 cm³/mol. The second-order valence-corrected chi connectivity index (χ2v) is 17.4. The van der Waals surface area contributed by atoms with Crippen LogP contribution in [0.4, 0.5) is 0 Å². The molecule has 46 heavy (non-hydrogen) atoms. The summed E-state index contributed by atoms with van der Waals surface area (Å²) in [7, 11) is -14.1. The van der Waals surface area contributed by atoms with Gasteiger partial charge in [0.05, 0.1) is 0 Å². The standard InChI is InChI=1S/C34H62O9S3/c1-12-20-31(28(17-6)23(8)13-2)33(26(11)44(35,36)37)32(45(38,39)40)22-19-21-30(27(15-4)16-5)29(18-7)25(10)34(24(9)14-3)46(41,42)43/h13,19,22,25-30,32,34H,9,12,14-18,20-21H2,1-8,10-11H3,(H,35,36,37)(H,38,39,40)(H,41,42,43)/b22-19+,23-13+,33-31-. The van der Waals surface area contributed by atoms with Crippen molar-refractivity contribution in [2.45, 2.75) is 136 Å².